The maximum absolute atomic E-state index is 12.8. The third-order valence-corrected chi connectivity index (χ3v) is 5.65. The van der Waals surface area contributed by atoms with E-state index < -0.39 is 0 Å². The Kier molecular flexibility index (Phi) is 3.27. The molecule has 5 rings (SSSR count). The van der Waals surface area contributed by atoms with Crippen LogP contribution in [0.3, 0.4) is 0 Å². The quantitative estimate of drug-likeness (QED) is 0.790. The molecular formula is C18H16ClN3O3. The molecule has 3 aliphatic rings. The largest absolute Gasteiger partial charge is 0.373 e. The Balaban J connectivity index is 1.39. The summed E-state index contributed by atoms with van der Waals surface area (Å²) < 4.78 is 7.47. The summed E-state index contributed by atoms with van der Waals surface area (Å²) in [5.41, 5.74) is 1.04. The average molecular weight is 358 g/mol. The molecule has 3 aliphatic heterocycles. The van der Waals surface area contributed by atoms with Crippen molar-refractivity contribution in [3.63, 3.8) is 0 Å². The normalized spacial score (nSPS) is 30.4. The lowest BCUT2D eigenvalue weighted by atomic mass is 9.81. The monoisotopic (exact) mass is 357 g/mol. The van der Waals surface area contributed by atoms with E-state index in [2.05, 4.69) is 5.10 Å². The van der Waals surface area contributed by atoms with E-state index in [1.807, 2.05) is 24.3 Å². The van der Waals surface area contributed by atoms with E-state index in [1.165, 1.54) is 4.90 Å². The number of hydrogen-bond acceptors (Lipinski definition) is 4. The zero-order valence-corrected chi connectivity index (χ0v) is 14.1. The SMILES string of the molecule is O=C1[C@@H]2[C@H](C(=O)N1c1ccn(Cc3ccc(Cl)cc3)n1)[C@H]1CC[C@@H]2O1. The molecule has 3 saturated heterocycles. The lowest BCUT2D eigenvalue weighted by Gasteiger charge is -2.15. The second-order valence-electron chi connectivity index (χ2n) is 6.85. The summed E-state index contributed by atoms with van der Waals surface area (Å²) in [6.07, 6.45) is 3.30. The molecule has 2 bridgehead atoms. The standard InChI is InChI=1S/C18H16ClN3O3/c19-11-3-1-10(2-4-11)9-21-8-7-14(20-21)22-17(23)15-12-5-6-13(25-12)16(15)18(22)24/h1-4,7-8,12-13,15-16H,5-6,9H2/t12-,13+,15-,16+. The Morgan fingerprint density at radius 3 is 2.32 bits per heavy atom. The molecule has 0 unspecified atom stereocenters. The molecule has 0 N–H and O–H groups in total. The van der Waals surface area contributed by atoms with Gasteiger partial charge in [0.25, 0.3) is 0 Å². The number of imide groups is 1. The predicted molar refractivity (Wildman–Crippen MR) is 90.1 cm³/mol. The highest BCUT2D eigenvalue weighted by Gasteiger charge is 2.63. The van der Waals surface area contributed by atoms with Crippen LogP contribution in [-0.4, -0.2) is 33.8 Å². The first-order valence-electron chi connectivity index (χ1n) is 8.43. The minimum atomic E-state index is -0.326. The molecule has 3 fully saturated rings. The van der Waals surface area contributed by atoms with E-state index in [0.717, 1.165) is 18.4 Å². The highest BCUT2D eigenvalue weighted by molar-refractivity contribution is 6.30. The first kappa shape index (κ1) is 15.1. The summed E-state index contributed by atoms with van der Waals surface area (Å²) >= 11 is 5.90. The maximum atomic E-state index is 12.8. The molecular weight excluding hydrogens is 342 g/mol. The number of nitrogens with zero attached hydrogens (tertiary/aromatic N) is 3. The molecule has 0 radical (unpaired) electrons. The second kappa shape index (κ2) is 5.41. The van der Waals surface area contributed by atoms with Crippen molar-refractivity contribution in [2.75, 3.05) is 4.90 Å². The summed E-state index contributed by atoms with van der Waals surface area (Å²) in [4.78, 5) is 26.8. The molecule has 2 amide bonds. The van der Waals surface area contributed by atoms with Gasteiger partial charge in [-0.05, 0) is 30.5 Å². The average Bonchev–Trinajstić information content (AvgIpc) is 3.35. The molecule has 4 heterocycles. The number of carbonyl (C=O) groups is 2. The molecule has 128 valence electrons. The van der Waals surface area contributed by atoms with Gasteiger partial charge >= 0.3 is 0 Å². The Bertz CT molecular complexity index is 835. The molecule has 4 atom stereocenters. The van der Waals surface area contributed by atoms with Gasteiger partial charge in [-0.2, -0.15) is 5.10 Å². The van der Waals surface area contributed by atoms with Crippen LogP contribution in [0.1, 0.15) is 18.4 Å². The Hall–Kier alpha value is -2.18. The molecule has 0 spiro atoms. The van der Waals surface area contributed by atoms with Crippen LogP contribution in [0, 0.1) is 11.8 Å². The van der Waals surface area contributed by atoms with E-state index in [9.17, 15) is 9.59 Å². The van der Waals surface area contributed by atoms with Crippen LogP contribution in [-0.2, 0) is 20.9 Å². The van der Waals surface area contributed by atoms with E-state index in [0.29, 0.717) is 17.4 Å². The number of ether oxygens (including phenoxy) is 1. The van der Waals surface area contributed by atoms with Gasteiger partial charge < -0.3 is 4.74 Å². The van der Waals surface area contributed by atoms with Crippen LogP contribution in [0.5, 0.6) is 0 Å². The topological polar surface area (TPSA) is 64.4 Å². The number of fused-ring (bicyclic) bond motifs is 5. The van der Waals surface area contributed by atoms with Crippen LogP contribution in [0.15, 0.2) is 36.5 Å². The highest BCUT2D eigenvalue weighted by atomic mass is 35.5. The number of rotatable bonds is 3. The zero-order valence-electron chi connectivity index (χ0n) is 13.3. The Labute approximate surface area is 149 Å². The minimum Gasteiger partial charge on any atom is -0.373 e. The number of carbonyl (C=O) groups excluding carboxylic acids is 2. The molecule has 6 nitrogen and oxygen atoms in total. The van der Waals surface area contributed by atoms with E-state index in [1.54, 1.807) is 16.9 Å². The summed E-state index contributed by atoms with van der Waals surface area (Å²) in [6.45, 7) is 0.550. The van der Waals surface area contributed by atoms with Crippen molar-refractivity contribution in [2.24, 2.45) is 11.8 Å². The van der Waals surface area contributed by atoms with Gasteiger partial charge in [-0.3, -0.25) is 14.3 Å². The van der Waals surface area contributed by atoms with Crippen molar-refractivity contribution in [1.82, 2.24) is 9.78 Å². The van der Waals surface area contributed by atoms with Crippen molar-refractivity contribution < 1.29 is 14.3 Å². The van der Waals surface area contributed by atoms with Crippen molar-refractivity contribution in [3.8, 4) is 0 Å². The minimum absolute atomic E-state index is 0.104. The summed E-state index contributed by atoms with van der Waals surface area (Å²) in [7, 11) is 0. The van der Waals surface area contributed by atoms with Gasteiger partial charge in [-0.15, -0.1) is 0 Å². The van der Waals surface area contributed by atoms with Crippen molar-refractivity contribution in [3.05, 3.63) is 47.1 Å². The van der Waals surface area contributed by atoms with Gasteiger partial charge in [-0.1, -0.05) is 23.7 Å². The van der Waals surface area contributed by atoms with Crippen LogP contribution in [0.4, 0.5) is 5.82 Å². The molecule has 25 heavy (non-hydrogen) atoms. The number of hydrogen-bond donors (Lipinski definition) is 0. The first-order valence-corrected chi connectivity index (χ1v) is 8.81. The molecule has 0 saturated carbocycles. The third-order valence-electron chi connectivity index (χ3n) is 5.40. The lowest BCUT2D eigenvalue weighted by molar-refractivity contribution is -0.124. The molecule has 7 heteroatoms. The van der Waals surface area contributed by atoms with E-state index in [-0.39, 0.29) is 35.9 Å². The molecule has 0 aliphatic carbocycles. The number of aromatic nitrogens is 2. The summed E-state index contributed by atoms with van der Waals surface area (Å²) in [6, 6.07) is 9.22. The van der Waals surface area contributed by atoms with Gasteiger partial charge in [0.1, 0.15) is 0 Å². The van der Waals surface area contributed by atoms with Gasteiger partial charge in [0.05, 0.1) is 30.6 Å². The fourth-order valence-corrected chi connectivity index (χ4v) is 4.40. The maximum Gasteiger partial charge on any atom is 0.241 e. The van der Waals surface area contributed by atoms with E-state index in [4.69, 9.17) is 16.3 Å². The highest BCUT2D eigenvalue weighted by Crippen LogP contribution is 2.49. The van der Waals surface area contributed by atoms with Gasteiger partial charge in [0.15, 0.2) is 5.82 Å². The number of amides is 2. The number of halogens is 1. The summed E-state index contributed by atoms with van der Waals surface area (Å²) in [5.74, 6) is -0.587. The lowest BCUT2D eigenvalue weighted by Crippen LogP contribution is -2.34. The van der Waals surface area contributed by atoms with Gasteiger partial charge in [0, 0.05) is 17.3 Å². The molecule has 1 aromatic carbocycles. The number of anilines is 1. The Morgan fingerprint density at radius 1 is 1.04 bits per heavy atom. The summed E-state index contributed by atoms with van der Waals surface area (Å²) in [5, 5.41) is 5.12. The van der Waals surface area contributed by atoms with Crippen LogP contribution in [0.25, 0.3) is 0 Å². The molecule has 2 aromatic rings. The fourth-order valence-electron chi connectivity index (χ4n) is 4.27. The Morgan fingerprint density at radius 2 is 1.68 bits per heavy atom. The van der Waals surface area contributed by atoms with Crippen molar-refractivity contribution in [1.29, 1.82) is 0 Å². The fraction of sp³-hybridized carbons (Fsp3) is 0.389. The van der Waals surface area contributed by atoms with Gasteiger partial charge in [0.2, 0.25) is 11.8 Å². The molecule has 1 aromatic heterocycles. The van der Waals surface area contributed by atoms with E-state index >= 15 is 0 Å². The smallest absolute Gasteiger partial charge is 0.241 e. The zero-order chi connectivity index (χ0) is 17.1. The van der Waals surface area contributed by atoms with Crippen molar-refractivity contribution in [2.45, 2.75) is 31.6 Å². The van der Waals surface area contributed by atoms with Crippen molar-refractivity contribution >= 4 is 29.2 Å². The first-order chi connectivity index (χ1) is 12.1. The van der Waals surface area contributed by atoms with Crippen LogP contribution >= 0.6 is 11.6 Å². The third kappa shape index (κ3) is 2.24. The van der Waals surface area contributed by atoms with Crippen LogP contribution < -0.4 is 4.90 Å². The number of benzene rings is 1. The second-order valence-corrected chi connectivity index (χ2v) is 7.29. The predicted octanol–water partition coefficient (Wildman–Crippen LogP) is 2.25. The van der Waals surface area contributed by atoms with Gasteiger partial charge in [-0.25, -0.2) is 4.90 Å². The van der Waals surface area contributed by atoms with Crippen LogP contribution in [0.2, 0.25) is 5.02 Å².